The van der Waals surface area contributed by atoms with Crippen molar-refractivity contribution < 1.29 is 4.74 Å². The summed E-state index contributed by atoms with van der Waals surface area (Å²) in [6.07, 6.45) is 4.06. The molecule has 3 heterocycles. The Bertz CT molecular complexity index is 671. The van der Waals surface area contributed by atoms with E-state index in [1.165, 1.54) is 0 Å². The molecule has 0 amide bonds. The first kappa shape index (κ1) is 21.2. The molecule has 0 saturated carbocycles. The van der Waals surface area contributed by atoms with Gasteiger partial charge in [0.15, 0.2) is 10.8 Å². The molecular formula is C18H28ClN5OS. The smallest absolute Gasteiger partial charge is 0.188 e. The lowest BCUT2D eigenvalue weighted by Gasteiger charge is -2.45. The maximum absolute atomic E-state index is 5.85. The van der Waals surface area contributed by atoms with E-state index in [1.54, 1.807) is 23.7 Å². The Kier molecular flexibility index (Phi) is 7.49. The van der Waals surface area contributed by atoms with Gasteiger partial charge >= 0.3 is 0 Å². The number of rotatable bonds is 6. The molecule has 0 radical (unpaired) electrons. The summed E-state index contributed by atoms with van der Waals surface area (Å²) < 4.78 is 5.85. The molecule has 3 rings (SSSR count). The summed E-state index contributed by atoms with van der Waals surface area (Å²) in [6.45, 7) is 12.5. The third-order valence-electron chi connectivity index (χ3n) is 4.45. The minimum atomic E-state index is 0. The Morgan fingerprint density at radius 3 is 2.54 bits per heavy atom. The van der Waals surface area contributed by atoms with E-state index >= 15 is 0 Å². The first-order valence-corrected chi connectivity index (χ1v) is 9.65. The van der Waals surface area contributed by atoms with Crippen LogP contribution in [0.15, 0.2) is 23.8 Å². The molecule has 1 N–H and O–H groups in total. The third kappa shape index (κ3) is 5.44. The van der Waals surface area contributed by atoms with Gasteiger partial charge in [-0.15, -0.1) is 23.7 Å². The number of nitrogens with one attached hydrogen (secondary N) is 1. The fraction of sp³-hybridized carbons (Fsp3) is 0.611. The average molecular weight is 398 g/mol. The second kappa shape index (κ2) is 9.19. The number of halogens is 1. The number of thiazole rings is 1. The van der Waals surface area contributed by atoms with Gasteiger partial charge in [-0.2, -0.15) is 0 Å². The van der Waals surface area contributed by atoms with E-state index in [9.17, 15) is 0 Å². The second-order valence-electron chi connectivity index (χ2n) is 7.29. The molecule has 2 unspecified atom stereocenters. The molecule has 2 aromatic heterocycles. The molecule has 1 fully saturated rings. The number of morpholine rings is 1. The van der Waals surface area contributed by atoms with Gasteiger partial charge < -0.3 is 10.1 Å². The molecule has 0 bridgehead atoms. The molecule has 1 saturated heterocycles. The third-order valence-corrected chi connectivity index (χ3v) is 5.34. The topological polar surface area (TPSA) is 63.2 Å². The number of ether oxygens (including phenoxy) is 1. The van der Waals surface area contributed by atoms with Gasteiger partial charge in [-0.25, -0.2) is 15.0 Å². The lowest BCUT2D eigenvalue weighted by molar-refractivity contribution is -0.0952. The summed E-state index contributed by atoms with van der Waals surface area (Å²) in [5.74, 6) is 0.690. The van der Waals surface area contributed by atoms with Crippen molar-refractivity contribution in [1.29, 1.82) is 0 Å². The Morgan fingerprint density at radius 1 is 1.23 bits per heavy atom. The SMILES string of the molecule is CC1CN(C(C)(C)CNCc2csc(-c3ncccn3)n2)CC(C)O1.Cl. The van der Waals surface area contributed by atoms with E-state index in [-0.39, 0.29) is 30.2 Å². The van der Waals surface area contributed by atoms with Crippen LogP contribution in [0.4, 0.5) is 0 Å². The van der Waals surface area contributed by atoms with Crippen LogP contribution in [-0.4, -0.2) is 57.2 Å². The Labute approximate surface area is 165 Å². The van der Waals surface area contributed by atoms with E-state index in [1.807, 2.05) is 6.07 Å². The fourth-order valence-corrected chi connectivity index (χ4v) is 3.95. The molecule has 2 aromatic rings. The summed E-state index contributed by atoms with van der Waals surface area (Å²) in [6, 6.07) is 1.81. The summed E-state index contributed by atoms with van der Waals surface area (Å²) in [5, 5.41) is 6.50. The van der Waals surface area contributed by atoms with E-state index < -0.39 is 0 Å². The van der Waals surface area contributed by atoms with Crippen molar-refractivity contribution in [2.45, 2.75) is 52.0 Å². The normalized spacial score (nSPS) is 21.4. The highest BCUT2D eigenvalue weighted by atomic mass is 35.5. The number of hydrogen-bond donors (Lipinski definition) is 1. The predicted molar refractivity (Wildman–Crippen MR) is 108 cm³/mol. The van der Waals surface area contributed by atoms with Crippen LogP contribution in [0.1, 0.15) is 33.4 Å². The quantitative estimate of drug-likeness (QED) is 0.808. The number of nitrogens with zero attached hydrogens (tertiary/aromatic N) is 4. The zero-order valence-electron chi connectivity index (χ0n) is 15.8. The zero-order chi connectivity index (χ0) is 17.9. The minimum Gasteiger partial charge on any atom is -0.373 e. The highest BCUT2D eigenvalue weighted by Crippen LogP contribution is 2.22. The molecule has 1 aliphatic heterocycles. The van der Waals surface area contributed by atoms with Crippen LogP contribution >= 0.6 is 23.7 Å². The van der Waals surface area contributed by atoms with Crippen molar-refractivity contribution >= 4 is 23.7 Å². The summed E-state index contributed by atoms with van der Waals surface area (Å²) in [4.78, 5) is 15.7. The second-order valence-corrected chi connectivity index (χ2v) is 8.15. The first-order chi connectivity index (χ1) is 11.9. The molecule has 0 aliphatic carbocycles. The maximum Gasteiger partial charge on any atom is 0.188 e. The van der Waals surface area contributed by atoms with Crippen LogP contribution in [0.3, 0.4) is 0 Å². The van der Waals surface area contributed by atoms with Crippen molar-refractivity contribution in [3.8, 4) is 10.8 Å². The predicted octanol–water partition coefficient (Wildman–Crippen LogP) is 3.00. The number of hydrogen-bond acceptors (Lipinski definition) is 7. The van der Waals surface area contributed by atoms with E-state index in [0.717, 1.165) is 36.9 Å². The van der Waals surface area contributed by atoms with Crippen molar-refractivity contribution in [1.82, 2.24) is 25.2 Å². The monoisotopic (exact) mass is 397 g/mol. The van der Waals surface area contributed by atoms with Crippen LogP contribution in [-0.2, 0) is 11.3 Å². The molecular weight excluding hydrogens is 370 g/mol. The molecule has 0 spiro atoms. The largest absolute Gasteiger partial charge is 0.373 e. The Hall–Kier alpha value is -1.12. The zero-order valence-corrected chi connectivity index (χ0v) is 17.4. The lowest BCUT2D eigenvalue weighted by Crippen LogP contribution is -2.58. The van der Waals surface area contributed by atoms with Gasteiger partial charge in [0.2, 0.25) is 0 Å². The minimum absolute atomic E-state index is 0. The maximum atomic E-state index is 5.85. The van der Waals surface area contributed by atoms with Crippen LogP contribution < -0.4 is 5.32 Å². The van der Waals surface area contributed by atoms with Crippen molar-refractivity contribution in [3.63, 3.8) is 0 Å². The lowest BCUT2D eigenvalue weighted by atomic mass is 10.00. The molecule has 2 atom stereocenters. The summed E-state index contributed by atoms with van der Waals surface area (Å²) in [7, 11) is 0. The molecule has 26 heavy (non-hydrogen) atoms. The van der Waals surface area contributed by atoms with Gasteiger partial charge in [-0.1, -0.05) is 0 Å². The summed E-state index contributed by atoms with van der Waals surface area (Å²) in [5.41, 5.74) is 1.11. The highest BCUT2D eigenvalue weighted by molar-refractivity contribution is 7.13. The van der Waals surface area contributed by atoms with E-state index in [0.29, 0.717) is 5.82 Å². The molecule has 6 nitrogen and oxygen atoms in total. The Balaban J connectivity index is 0.00000243. The van der Waals surface area contributed by atoms with Gasteiger partial charge in [-0.05, 0) is 33.8 Å². The average Bonchev–Trinajstić information content (AvgIpc) is 3.03. The Morgan fingerprint density at radius 2 is 1.88 bits per heavy atom. The number of aromatic nitrogens is 3. The van der Waals surface area contributed by atoms with Crippen LogP contribution in [0.5, 0.6) is 0 Å². The van der Waals surface area contributed by atoms with Crippen molar-refractivity contribution in [2.75, 3.05) is 19.6 Å². The van der Waals surface area contributed by atoms with Gasteiger partial charge in [0.25, 0.3) is 0 Å². The molecule has 8 heteroatoms. The van der Waals surface area contributed by atoms with E-state index in [2.05, 4.69) is 58.2 Å². The standard InChI is InChI=1S/C18H27N5OS.ClH/c1-13-9-23(10-14(2)24-13)18(3,4)12-19-8-15-11-25-17(22-15)16-20-6-5-7-21-16;/h5-7,11,13-14,19H,8-10,12H2,1-4H3;1H. The van der Waals surface area contributed by atoms with Crippen LogP contribution in [0.2, 0.25) is 0 Å². The molecule has 144 valence electrons. The van der Waals surface area contributed by atoms with Crippen molar-refractivity contribution in [2.24, 2.45) is 0 Å². The van der Waals surface area contributed by atoms with Crippen molar-refractivity contribution in [3.05, 3.63) is 29.5 Å². The fourth-order valence-electron chi connectivity index (χ4n) is 3.18. The first-order valence-electron chi connectivity index (χ1n) is 8.77. The van der Waals surface area contributed by atoms with Gasteiger partial charge in [0.05, 0.1) is 17.9 Å². The van der Waals surface area contributed by atoms with Gasteiger partial charge in [0.1, 0.15) is 0 Å². The van der Waals surface area contributed by atoms with Crippen LogP contribution in [0, 0.1) is 0 Å². The van der Waals surface area contributed by atoms with Gasteiger partial charge in [0, 0.05) is 49.5 Å². The summed E-state index contributed by atoms with van der Waals surface area (Å²) >= 11 is 1.59. The van der Waals surface area contributed by atoms with Crippen LogP contribution in [0.25, 0.3) is 10.8 Å². The molecule has 1 aliphatic rings. The molecule has 0 aromatic carbocycles. The highest BCUT2D eigenvalue weighted by Gasteiger charge is 2.32. The van der Waals surface area contributed by atoms with E-state index in [4.69, 9.17) is 4.74 Å². The van der Waals surface area contributed by atoms with Gasteiger partial charge in [-0.3, -0.25) is 4.90 Å².